The molecule has 0 aliphatic carbocycles. The lowest BCUT2D eigenvalue weighted by Gasteiger charge is -2.19. The molecule has 0 bridgehead atoms. The molecule has 3 N–H and O–H groups in total. The topological polar surface area (TPSA) is 106 Å². The van der Waals surface area contributed by atoms with E-state index in [0.29, 0.717) is 31.7 Å². The average Bonchev–Trinajstić information content (AvgIpc) is 2.76. The molecule has 8 nitrogen and oxygen atoms in total. The van der Waals surface area contributed by atoms with E-state index in [9.17, 15) is 14.4 Å². The Morgan fingerprint density at radius 2 is 1.57 bits per heavy atom. The van der Waals surface area contributed by atoms with Gasteiger partial charge in [-0.1, -0.05) is 30.3 Å². The largest absolute Gasteiger partial charge is 0.493 e. The molecule has 0 atom stereocenters. The van der Waals surface area contributed by atoms with E-state index in [1.807, 2.05) is 50.2 Å². The van der Waals surface area contributed by atoms with Crippen LogP contribution in [0.3, 0.4) is 0 Å². The van der Waals surface area contributed by atoms with Gasteiger partial charge in [0.15, 0.2) is 0 Å². The molecule has 0 radical (unpaired) electrons. The summed E-state index contributed by atoms with van der Waals surface area (Å²) in [5.74, 6) is 0.594. The second kappa shape index (κ2) is 13.4. The maximum absolute atomic E-state index is 12.2. The fourth-order valence-corrected chi connectivity index (χ4v) is 3.30. The van der Waals surface area contributed by atoms with Gasteiger partial charge in [0, 0.05) is 31.6 Å². The lowest BCUT2D eigenvalue weighted by atomic mass is 10.1. The van der Waals surface area contributed by atoms with Gasteiger partial charge in [-0.15, -0.1) is 0 Å². The quantitative estimate of drug-likeness (QED) is 0.404. The van der Waals surface area contributed by atoms with Crippen molar-refractivity contribution in [1.29, 1.82) is 0 Å². The highest BCUT2D eigenvalue weighted by Crippen LogP contribution is 2.22. The fourth-order valence-electron chi connectivity index (χ4n) is 3.30. The van der Waals surface area contributed by atoms with Crippen LogP contribution in [0.5, 0.6) is 5.75 Å². The maximum atomic E-state index is 12.2. The molecular weight excluding hydrogens is 446 g/mol. The molecule has 0 saturated heterocycles. The highest BCUT2D eigenvalue weighted by molar-refractivity contribution is 5.91. The number of para-hydroxylation sites is 1. The van der Waals surface area contributed by atoms with Crippen molar-refractivity contribution >= 4 is 23.6 Å². The van der Waals surface area contributed by atoms with E-state index in [0.717, 1.165) is 22.4 Å². The number of alkyl carbamates (subject to hydrolysis) is 1. The van der Waals surface area contributed by atoms with Crippen molar-refractivity contribution in [3.8, 4) is 5.75 Å². The van der Waals surface area contributed by atoms with E-state index in [1.165, 1.54) is 0 Å². The van der Waals surface area contributed by atoms with Gasteiger partial charge in [0.1, 0.15) is 11.4 Å². The molecule has 0 spiro atoms. The van der Waals surface area contributed by atoms with Crippen LogP contribution in [0.2, 0.25) is 0 Å². The Bertz CT molecular complexity index is 994. The van der Waals surface area contributed by atoms with Crippen LogP contribution in [0, 0.1) is 13.8 Å². The number of anilines is 1. The third-order valence-corrected chi connectivity index (χ3v) is 4.92. The predicted molar refractivity (Wildman–Crippen MR) is 136 cm³/mol. The molecule has 0 unspecified atom stereocenters. The summed E-state index contributed by atoms with van der Waals surface area (Å²) >= 11 is 0. The number of nitrogens with one attached hydrogen (secondary N) is 3. The van der Waals surface area contributed by atoms with Gasteiger partial charge in [0.25, 0.3) is 0 Å². The van der Waals surface area contributed by atoms with Gasteiger partial charge in [0.2, 0.25) is 11.8 Å². The third-order valence-electron chi connectivity index (χ3n) is 4.92. The van der Waals surface area contributed by atoms with E-state index in [2.05, 4.69) is 16.0 Å². The third kappa shape index (κ3) is 10.9. The normalized spacial score (nSPS) is 10.9. The van der Waals surface area contributed by atoms with Crippen LogP contribution in [0.1, 0.15) is 56.7 Å². The van der Waals surface area contributed by atoms with Crippen LogP contribution in [-0.4, -0.2) is 36.7 Å². The van der Waals surface area contributed by atoms with Gasteiger partial charge in [-0.05, 0) is 69.9 Å². The molecule has 0 fully saturated rings. The number of hydrogen-bond acceptors (Lipinski definition) is 5. The Labute approximate surface area is 207 Å². The summed E-state index contributed by atoms with van der Waals surface area (Å²) < 4.78 is 11.0. The van der Waals surface area contributed by atoms with Crippen molar-refractivity contribution in [1.82, 2.24) is 10.6 Å². The highest BCUT2D eigenvalue weighted by Gasteiger charge is 2.16. The molecular formula is C27H37N3O5. The maximum Gasteiger partial charge on any atom is 0.407 e. The Balaban J connectivity index is 1.68. The number of rotatable bonds is 11. The minimum absolute atomic E-state index is 0.0576. The first-order chi connectivity index (χ1) is 16.5. The summed E-state index contributed by atoms with van der Waals surface area (Å²) in [6.45, 7) is 10.3. The van der Waals surface area contributed by atoms with Crippen LogP contribution in [0.15, 0.2) is 42.5 Å². The second-order valence-electron chi connectivity index (χ2n) is 9.38. The molecule has 2 aromatic rings. The van der Waals surface area contributed by atoms with Gasteiger partial charge in [-0.3, -0.25) is 9.59 Å². The Kier molecular flexibility index (Phi) is 10.6. The van der Waals surface area contributed by atoms with Crippen molar-refractivity contribution in [2.75, 3.05) is 18.5 Å². The van der Waals surface area contributed by atoms with Gasteiger partial charge >= 0.3 is 6.09 Å². The smallest absolute Gasteiger partial charge is 0.407 e. The van der Waals surface area contributed by atoms with E-state index in [4.69, 9.17) is 9.47 Å². The van der Waals surface area contributed by atoms with Gasteiger partial charge in [-0.2, -0.15) is 0 Å². The van der Waals surface area contributed by atoms with Crippen molar-refractivity contribution in [3.05, 3.63) is 59.2 Å². The number of benzene rings is 2. The summed E-state index contributed by atoms with van der Waals surface area (Å²) in [4.78, 5) is 36.0. The molecule has 0 aliphatic rings. The molecule has 0 aromatic heterocycles. The Morgan fingerprint density at radius 1 is 0.886 bits per heavy atom. The molecule has 3 amide bonds. The Morgan fingerprint density at radius 3 is 2.26 bits per heavy atom. The minimum atomic E-state index is -0.587. The highest BCUT2D eigenvalue weighted by atomic mass is 16.6. The zero-order valence-corrected chi connectivity index (χ0v) is 21.3. The van der Waals surface area contributed by atoms with Crippen LogP contribution >= 0.6 is 0 Å². The molecule has 35 heavy (non-hydrogen) atoms. The summed E-state index contributed by atoms with van der Waals surface area (Å²) in [5, 5.41) is 8.25. The number of ether oxygens (including phenoxy) is 2. The van der Waals surface area contributed by atoms with Gasteiger partial charge in [0.05, 0.1) is 6.61 Å². The monoisotopic (exact) mass is 483 g/mol. The zero-order chi connectivity index (χ0) is 25.8. The van der Waals surface area contributed by atoms with Crippen LogP contribution < -0.4 is 20.7 Å². The number of carbonyl (C=O) groups excluding carboxylic acids is 3. The lowest BCUT2D eigenvalue weighted by Crippen LogP contribution is -2.34. The molecule has 2 aromatic carbocycles. The average molecular weight is 484 g/mol. The SMILES string of the molecule is Cc1cccc(C)c1OCCCC(=O)NCc1cccc(NC(=O)CCNC(=O)OC(C)(C)C)c1. The Hall–Kier alpha value is -3.55. The predicted octanol–water partition coefficient (Wildman–Crippen LogP) is 4.63. The van der Waals surface area contributed by atoms with Crippen LogP contribution in [-0.2, 0) is 20.9 Å². The number of amides is 3. The summed E-state index contributed by atoms with van der Waals surface area (Å²) in [6.07, 6.45) is 0.545. The molecule has 0 aliphatic heterocycles. The minimum Gasteiger partial charge on any atom is -0.493 e. The van der Waals surface area contributed by atoms with Gasteiger partial charge < -0.3 is 25.4 Å². The van der Waals surface area contributed by atoms with Crippen molar-refractivity contribution in [2.24, 2.45) is 0 Å². The first-order valence-corrected chi connectivity index (χ1v) is 11.8. The lowest BCUT2D eigenvalue weighted by molar-refractivity contribution is -0.121. The van der Waals surface area contributed by atoms with Gasteiger partial charge in [-0.25, -0.2) is 4.79 Å². The number of carbonyl (C=O) groups is 3. The first-order valence-electron chi connectivity index (χ1n) is 11.8. The summed E-state index contributed by atoms with van der Waals surface area (Å²) in [5.41, 5.74) is 3.08. The molecule has 0 saturated carbocycles. The van der Waals surface area contributed by atoms with E-state index in [-0.39, 0.29) is 24.8 Å². The number of aryl methyl sites for hydroxylation is 2. The fraction of sp³-hybridized carbons (Fsp3) is 0.444. The molecule has 8 heteroatoms. The first kappa shape index (κ1) is 27.7. The summed E-state index contributed by atoms with van der Waals surface area (Å²) in [6, 6.07) is 13.3. The number of hydrogen-bond donors (Lipinski definition) is 3. The standard InChI is InChI=1S/C27H37N3O5/c1-19-9-6-10-20(2)25(19)34-16-8-13-23(31)29-18-21-11-7-12-22(17-21)30-24(32)14-15-28-26(33)35-27(3,4)5/h6-7,9-12,17H,8,13-16,18H2,1-5H3,(H,28,33)(H,29,31)(H,30,32). The zero-order valence-electron chi connectivity index (χ0n) is 21.3. The van der Waals surface area contributed by atoms with Crippen molar-refractivity contribution in [2.45, 2.75) is 66.0 Å². The van der Waals surface area contributed by atoms with Crippen molar-refractivity contribution in [3.63, 3.8) is 0 Å². The van der Waals surface area contributed by atoms with E-state index in [1.54, 1.807) is 26.8 Å². The van der Waals surface area contributed by atoms with E-state index >= 15 is 0 Å². The summed E-state index contributed by atoms with van der Waals surface area (Å²) in [7, 11) is 0. The van der Waals surface area contributed by atoms with Crippen LogP contribution in [0.4, 0.5) is 10.5 Å². The molecule has 2 rings (SSSR count). The molecule has 0 heterocycles. The second-order valence-corrected chi connectivity index (χ2v) is 9.38. The van der Waals surface area contributed by atoms with E-state index < -0.39 is 11.7 Å². The van der Waals surface area contributed by atoms with Crippen LogP contribution in [0.25, 0.3) is 0 Å². The van der Waals surface area contributed by atoms with Crippen molar-refractivity contribution < 1.29 is 23.9 Å². The molecule has 190 valence electrons.